The monoisotopic (exact) mass is 403 g/mol. The molecule has 1 unspecified atom stereocenters. The first-order valence-electron chi connectivity index (χ1n) is 10.5. The zero-order valence-electron chi connectivity index (χ0n) is 16.9. The predicted octanol–water partition coefficient (Wildman–Crippen LogP) is 2.42. The molecule has 3 heterocycles. The topological polar surface area (TPSA) is 74.3 Å². The van der Waals surface area contributed by atoms with E-state index < -0.39 is 5.97 Å². The number of amides is 1. The normalized spacial score (nSPS) is 23.6. The number of fused-ring (bicyclic) bond motifs is 1. The standard InChI is InChI=1S/C22H29NO6/c1-26-22(25)17-2-3-18-13-23(21(24)16-6-10-28-11-7-16)19(14-29-20(18)12-17)15-4-8-27-9-5-15/h2-3,12,15-16,19H,4-11,13-14H2,1H3. The molecule has 0 spiro atoms. The highest BCUT2D eigenvalue weighted by Crippen LogP contribution is 2.33. The zero-order chi connectivity index (χ0) is 20.2. The number of benzene rings is 1. The van der Waals surface area contributed by atoms with E-state index in [2.05, 4.69) is 0 Å². The molecule has 3 aliphatic rings. The molecule has 29 heavy (non-hydrogen) atoms. The van der Waals surface area contributed by atoms with E-state index in [4.69, 9.17) is 18.9 Å². The predicted molar refractivity (Wildman–Crippen MR) is 105 cm³/mol. The molecule has 1 atom stereocenters. The van der Waals surface area contributed by atoms with E-state index in [0.29, 0.717) is 43.6 Å². The molecular weight excluding hydrogens is 374 g/mol. The van der Waals surface area contributed by atoms with Crippen molar-refractivity contribution >= 4 is 11.9 Å². The number of carbonyl (C=O) groups excluding carboxylic acids is 2. The number of nitrogens with zero attached hydrogens (tertiary/aromatic N) is 1. The van der Waals surface area contributed by atoms with Crippen molar-refractivity contribution in [2.24, 2.45) is 11.8 Å². The first-order chi connectivity index (χ1) is 14.2. The quantitative estimate of drug-likeness (QED) is 0.722. The van der Waals surface area contributed by atoms with Crippen LogP contribution in [0.3, 0.4) is 0 Å². The van der Waals surface area contributed by atoms with Gasteiger partial charge in [0.15, 0.2) is 0 Å². The van der Waals surface area contributed by atoms with Gasteiger partial charge in [-0.3, -0.25) is 4.79 Å². The fourth-order valence-corrected chi connectivity index (χ4v) is 4.54. The second kappa shape index (κ2) is 9.13. The van der Waals surface area contributed by atoms with Crippen molar-refractivity contribution in [1.29, 1.82) is 0 Å². The molecule has 0 bridgehead atoms. The molecule has 1 amide bonds. The van der Waals surface area contributed by atoms with Crippen molar-refractivity contribution in [3.05, 3.63) is 29.3 Å². The smallest absolute Gasteiger partial charge is 0.337 e. The summed E-state index contributed by atoms with van der Waals surface area (Å²) in [5.74, 6) is 0.811. The third-order valence-electron chi connectivity index (χ3n) is 6.30. The number of esters is 1. The van der Waals surface area contributed by atoms with E-state index in [0.717, 1.165) is 44.5 Å². The van der Waals surface area contributed by atoms with Gasteiger partial charge in [0.2, 0.25) is 5.91 Å². The maximum atomic E-state index is 13.5. The third-order valence-corrected chi connectivity index (χ3v) is 6.30. The van der Waals surface area contributed by atoms with E-state index in [-0.39, 0.29) is 17.9 Å². The van der Waals surface area contributed by atoms with Gasteiger partial charge >= 0.3 is 5.97 Å². The van der Waals surface area contributed by atoms with Crippen molar-refractivity contribution in [2.75, 3.05) is 40.1 Å². The summed E-state index contributed by atoms with van der Waals surface area (Å²) in [5.41, 5.74) is 1.38. The van der Waals surface area contributed by atoms with Crippen LogP contribution in [0.1, 0.15) is 41.6 Å². The summed E-state index contributed by atoms with van der Waals surface area (Å²) in [6.07, 6.45) is 3.39. The minimum atomic E-state index is -0.392. The van der Waals surface area contributed by atoms with Crippen LogP contribution in [0.25, 0.3) is 0 Å². The summed E-state index contributed by atoms with van der Waals surface area (Å²) in [7, 11) is 1.37. The Morgan fingerprint density at radius 2 is 1.72 bits per heavy atom. The number of hydrogen-bond donors (Lipinski definition) is 0. The SMILES string of the molecule is COC(=O)c1ccc2c(c1)OCC(C1CCOCC1)N(C(=O)C1CCOCC1)C2. The van der Waals surface area contributed by atoms with Crippen LogP contribution in [0.2, 0.25) is 0 Å². The lowest BCUT2D eigenvalue weighted by molar-refractivity contribution is -0.144. The molecule has 7 nitrogen and oxygen atoms in total. The minimum Gasteiger partial charge on any atom is -0.491 e. The molecule has 0 aromatic heterocycles. The van der Waals surface area contributed by atoms with Gasteiger partial charge in [-0.2, -0.15) is 0 Å². The summed E-state index contributed by atoms with van der Waals surface area (Å²) in [4.78, 5) is 27.4. The van der Waals surface area contributed by atoms with E-state index >= 15 is 0 Å². The van der Waals surface area contributed by atoms with Gasteiger partial charge in [0.1, 0.15) is 12.4 Å². The van der Waals surface area contributed by atoms with E-state index in [1.165, 1.54) is 7.11 Å². The van der Waals surface area contributed by atoms with Crippen LogP contribution in [-0.2, 0) is 25.5 Å². The van der Waals surface area contributed by atoms with Gasteiger partial charge in [-0.1, -0.05) is 6.07 Å². The highest BCUT2D eigenvalue weighted by molar-refractivity contribution is 5.90. The molecule has 0 N–H and O–H groups in total. The maximum Gasteiger partial charge on any atom is 0.337 e. The number of ether oxygens (including phenoxy) is 4. The summed E-state index contributed by atoms with van der Waals surface area (Å²) in [5, 5.41) is 0. The molecule has 158 valence electrons. The average molecular weight is 403 g/mol. The van der Waals surface area contributed by atoms with E-state index in [1.54, 1.807) is 12.1 Å². The number of methoxy groups -OCH3 is 1. The van der Waals surface area contributed by atoms with Crippen LogP contribution in [0.15, 0.2) is 18.2 Å². The number of hydrogen-bond acceptors (Lipinski definition) is 6. The van der Waals surface area contributed by atoms with Crippen LogP contribution in [0.4, 0.5) is 0 Å². The van der Waals surface area contributed by atoms with Crippen molar-refractivity contribution in [3.8, 4) is 5.75 Å². The third kappa shape index (κ3) is 4.41. The number of carbonyl (C=O) groups is 2. The molecule has 0 aliphatic carbocycles. The Bertz CT molecular complexity index is 739. The lowest BCUT2D eigenvalue weighted by Crippen LogP contribution is -2.50. The average Bonchev–Trinajstić information content (AvgIpc) is 2.98. The summed E-state index contributed by atoms with van der Waals surface area (Å²) < 4.78 is 22.0. The van der Waals surface area contributed by atoms with Crippen LogP contribution >= 0.6 is 0 Å². The van der Waals surface area contributed by atoms with Gasteiger partial charge in [0, 0.05) is 44.5 Å². The van der Waals surface area contributed by atoms with Gasteiger partial charge in [0.25, 0.3) is 0 Å². The van der Waals surface area contributed by atoms with E-state index in [1.807, 2.05) is 11.0 Å². The van der Waals surface area contributed by atoms with Gasteiger partial charge in [-0.05, 0) is 43.7 Å². The Balaban J connectivity index is 1.62. The maximum absolute atomic E-state index is 13.5. The van der Waals surface area contributed by atoms with Gasteiger partial charge < -0.3 is 23.8 Å². The summed E-state index contributed by atoms with van der Waals surface area (Å²) >= 11 is 0. The lowest BCUT2D eigenvalue weighted by Gasteiger charge is -2.39. The molecule has 0 radical (unpaired) electrons. The first-order valence-corrected chi connectivity index (χ1v) is 10.5. The Morgan fingerprint density at radius 3 is 2.41 bits per heavy atom. The zero-order valence-corrected chi connectivity index (χ0v) is 16.9. The fourth-order valence-electron chi connectivity index (χ4n) is 4.54. The summed E-state index contributed by atoms with van der Waals surface area (Å²) in [6.45, 7) is 3.65. The molecule has 2 saturated heterocycles. The molecule has 4 rings (SSSR count). The Labute approximate surface area is 171 Å². The first kappa shape index (κ1) is 20.2. The Kier molecular flexibility index (Phi) is 6.35. The van der Waals surface area contributed by atoms with E-state index in [9.17, 15) is 9.59 Å². The Morgan fingerprint density at radius 1 is 1.03 bits per heavy atom. The molecule has 0 saturated carbocycles. The molecule has 2 fully saturated rings. The van der Waals surface area contributed by atoms with Crippen LogP contribution in [-0.4, -0.2) is 63.0 Å². The van der Waals surface area contributed by atoms with Crippen molar-refractivity contribution in [2.45, 2.75) is 38.3 Å². The van der Waals surface area contributed by atoms with Crippen LogP contribution in [0.5, 0.6) is 5.75 Å². The molecule has 3 aliphatic heterocycles. The van der Waals surface area contributed by atoms with Gasteiger partial charge in [0.05, 0.1) is 18.7 Å². The van der Waals surface area contributed by atoms with Crippen LogP contribution < -0.4 is 4.74 Å². The van der Waals surface area contributed by atoms with Crippen molar-refractivity contribution in [1.82, 2.24) is 4.90 Å². The minimum absolute atomic E-state index is 0.00184. The second-order valence-corrected chi connectivity index (χ2v) is 8.00. The number of rotatable bonds is 3. The molecule has 7 heteroatoms. The molecular formula is C22H29NO6. The van der Waals surface area contributed by atoms with Crippen molar-refractivity contribution in [3.63, 3.8) is 0 Å². The Hall–Kier alpha value is -2.12. The molecule has 1 aromatic rings. The second-order valence-electron chi connectivity index (χ2n) is 8.00. The largest absolute Gasteiger partial charge is 0.491 e. The summed E-state index contributed by atoms with van der Waals surface area (Å²) in [6, 6.07) is 5.34. The van der Waals surface area contributed by atoms with Gasteiger partial charge in [-0.15, -0.1) is 0 Å². The fraction of sp³-hybridized carbons (Fsp3) is 0.636. The molecule has 1 aromatic carbocycles. The van der Waals surface area contributed by atoms with Crippen LogP contribution in [0, 0.1) is 11.8 Å². The van der Waals surface area contributed by atoms with Crippen molar-refractivity contribution < 1.29 is 28.5 Å². The highest BCUT2D eigenvalue weighted by Gasteiger charge is 2.38. The lowest BCUT2D eigenvalue weighted by atomic mass is 9.89. The highest BCUT2D eigenvalue weighted by atomic mass is 16.5. The van der Waals surface area contributed by atoms with Gasteiger partial charge in [-0.25, -0.2) is 4.79 Å².